The highest BCUT2D eigenvalue weighted by molar-refractivity contribution is 5.97. The highest BCUT2D eigenvalue weighted by Gasteiger charge is 2.27. The van der Waals surface area contributed by atoms with Gasteiger partial charge in [-0.25, -0.2) is 0 Å². The van der Waals surface area contributed by atoms with Crippen LogP contribution in [0.25, 0.3) is 0 Å². The summed E-state index contributed by atoms with van der Waals surface area (Å²) in [5.41, 5.74) is 1.83. The molecule has 0 radical (unpaired) electrons. The van der Waals surface area contributed by atoms with Crippen LogP contribution >= 0.6 is 0 Å². The lowest BCUT2D eigenvalue weighted by molar-refractivity contribution is -0.123. The van der Waals surface area contributed by atoms with Crippen LogP contribution in [0.4, 0.5) is 5.69 Å². The number of nitrogens with one attached hydrogen (secondary N) is 1. The number of methoxy groups -OCH3 is 3. The lowest BCUT2D eigenvalue weighted by Crippen LogP contribution is -2.28. The van der Waals surface area contributed by atoms with Crippen molar-refractivity contribution in [2.75, 3.05) is 26.6 Å². The molecular weight excluding hydrogens is 270 g/mol. The summed E-state index contributed by atoms with van der Waals surface area (Å²) in [6.45, 7) is 9.36. The SMILES string of the molecule is COc1c(C)c(NC(=O)C(C)(C)C)c(C)c(OC)c1OC. The molecule has 1 rings (SSSR count). The molecule has 0 aliphatic rings. The summed E-state index contributed by atoms with van der Waals surface area (Å²) in [5.74, 6) is 1.58. The van der Waals surface area contributed by atoms with Gasteiger partial charge in [-0.05, 0) is 13.8 Å². The number of benzene rings is 1. The van der Waals surface area contributed by atoms with Crippen LogP contribution in [0.1, 0.15) is 31.9 Å². The van der Waals surface area contributed by atoms with Crippen LogP contribution < -0.4 is 19.5 Å². The lowest BCUT2D eigenvalue weighted by atomic mass is 9.94. The molecule has 0 fully saturated rings. The third-order valence-corrected chi connectivity index (χ3v) is 3.38. The van der Waals surface area contributed by atoms with Crippen LogP contribution in [0.3, 0.4) is 0 Å². The molecule has 0 atom stereocenters. The van der Waals surface area contributed by atoms with Gasteiger partial charge in [0.15, 0.2) is 11.5 Å². The average molecular weight is 295 g/mol. The Labute approximate surface area is 126 Å². The normalized spacial score (nSPS) is 11.0. The Bertz CT molecular complexity index is 513. The average Bonchev–Trinajstić information content (AvgIpc) is 2.41. The summed E-state index contributed by atoms with van der Waals surface area (Å²) in [5, 5.41) is 2.96. The zero-order valence-corrected chi connectivity index (χ0v) is 14.1. The standard InChI is InChI=1S/C16H25NO4/c1-9-11(17-15(18)16(3,4)5)10(2)13(20-7)14(21-8)12(9)19-6/h1-8H3,(H,17,18). The zero-order valence-electron chi connectivity index (χ0n) is 14.1. The molecule has 0 spiro atoms. The Morgan fingerprint density at radius 2 is 1.24 bits per heavy atom. The highest BCUT2D eigenvalue weighted by atomic mass is 16.5. The molecule has 1 N–H and O–H groups in total. The Hall–Kier alpha value is -1.91. The monoisotopic (exact) mass is 295 g/mol. The van der Waals surface area contributed by atoms with Gasteiger partial charge in [-0.1, -0.05) is 20.8 Å². The predicted molar refractivity (Wildman–Crippen MR) is 83.7 cm³/mol. The first kappa shape index (κ1) is 17.1. The first-order valence-electron chi connectivity index (χ1n) is 6.79. The van der Waals surface area contributed by atoms with E-state index in [0.717, 1.165) is 11.1 Å². The van der Waals surface area contributed by atoms with Crippen LogP contribution in [0.2, 0.25) is 0 Å². The second kappa shape index (κ2) is 6.24. The summed E-state index contributed by atoms with van der Waals surface area (Å²) in [4.78, 5) is 12.3. The molecule has 118 valence electrons. The molecule has 0 aliphatic carbocycles. The maximum Gasteiger partial charge on any atom is 0.229 e. The van der Waals surface area contributed by atoms with Crippen LogP contribution in [0.15, 0.2) is 0 Å². The van der Waals surface area contributed by atoms with E-state index in [4.69, 9.17) is 14.2 Å². The Balaban J connectivity index is 3.49. The number of rotatable bonds is 4. The van der Waals surface area contributed by atoms with Crippen molar-refractivity contribution in [2.45, 2.75) is 34.6 Å². The third-order valence-electron chi connectivity index (χ3n) is 3.38. The Morgan fingerprint density at radius 3 is 1.52 bits per heavy atom. The quantitative estimate of drug-likeness (QED) is 0.926. The first-order valence-corrected chi connectivity index (χ1v) is 6.79. The molecular formula is C16H25NO4. The van der Waals surface area contributed by atoms with Gasteiger partial charge < -0.3 is 19.5 Å². The zero-order chi connectivity index (χ0) is 16.4. The first-order chi connectivity index (χ1) is 9.68. The minimum Gasteiger partial charge on any atom is -0.492 e. The van der Waals surface area contributed by atoms with Gasteiger partial charge in [0.05, 0.1) is 27.0 Å². The van der Waals surface area contributed by atoms with E-state index in [1.807, 2.05) is 34.6 Å². The van der Waals surface area contributed by atoms with Crippen molar-refractivity contribution in [1.29, 1.82) is 0 Å². The van der Waals surface area contributed by atoms with E-state index in [2.05, 4.69) is 5.32 Å². The van der Waals surface area contributed by atoms with Crippen LogP contribution in [0.5, 0.6) is 17.2 Å². The fourth-order valence-corrected chi connectivity index (χ4v) is 2.12. The maximum absolute atomic E-state index is 12.3. The van der Waals surface area contributed by atoms with Crippen molar-refractivity contribution in [1.82, 2.24) is 0 Å². The van der Waals surface area contributed by atoms with Crippen molar-refractivity contribution in [3.63, 3.8) is 0 Å². The molecule has 1 aromatic carbocycles. The molecule has 5 heteroatoms. The number of carbonyl (C=O) groups is 1. The largest absolute Gasteiger partial charge is 0.492 e. The molecule has 1 amide bonds. The smallest absolute Gasteiger partial charge is 0.229 e. The van der Waals surface area contributed by atoms with Crippen molar-refractivity contribution in [3.8, 4) is 17.2 Å². The number of hydrogen-bond donors (Lipinski definition) is 1. The minimum absolute atomic E-state index is 0.0667. The molecule has 1 aromatic rings. The van der Waals surface area contributed by atoms with Crippen LogP contribution in [0, 0.1) is 19.3 Å². The van der Waals surface area contributed by atoms with E-state index >= 15 is 0 Å². The van der Waals surface area contributed by atoms with E-state index in [1.54, 1.807) is 21.3 Å². The van der Waals surface area contributed by atoms with Gasteiger partial charge in [-0.3, -0.25) is 4.79 Å². The molecule has 0 heterocycles. The molecule has 0 bridgehead atoms. The predicted octanol–water partition coefficient (Wildman–Crippen LogP) is 3.31. The second-order valence-electron chi connectivity index (χ2n) is 5.93. The lowest BCUT2D eigenvalue weighted by Gasteiger charge is -2.24. The Morgan fingerprint density at radius 1 is 0.857 bits per heavy atom. The molecule has 0 saturated heterocycles. The Kier molecular flexibility index (Phi) is 5.10. The summed E-state index contributed by atoms with van der Waals surface area (Å²) >= 11 is 0. The van der Waals surface area contributed by atoms with Gasteiger partial charge in [-0.15, -0.1) is 0 Å². The number of amides is 1. The molecule has 21 heavy (non-hydrogen) atoms. The molecule has 0 unspecified atom stereocenters. The number of ether oxygens (including phenoxy) is 3. The molecule has 0 saturated carbocycles. The van der Waals surface area contributed by atoms with Crippen molar-refractivity contribution in [3.05, 3.63) is 11.1 Å². The summed E-state index contributed by atoms with van der Waals surface area (Å²) in [7, 11) is 4.69. The van der Waals surface area contributed by atoms with E-state index in [9.17, 15) is 4.79 Å². The van der Waals surface area contributed by atoms with Gasteiger partial charge in [-0.2, -0.15) is 0 Å². The summed E-state index contributed by atoms with van der Waals surface area (Å²) in [6.07, 6.45) is 0. The van der Waals surface area contributed by atoms with Crippen LogP contribution in [-0.2, 0) is 4.79 Å². The van der Waals surface area contributed by atoms with Crippen molar-refractivity contribution in [2.24, 2.45) is 5.41 Å². The highest BCUT2D eigenvalue weighted by Crippen LogP contribution is 2.47. The van der Waals surface area contributed by atoms with E-state index in [-0.39, 0.29) is 5.91 Å². The topological polar surface area (TPSA) is 56.8 Å². The fourth-order valence-electron chi connectivity index (χ4n) is 2.12. The van der Waals surface area contributed by atoms with Gasteiger partial charge in [0, 0.05) is 16.5 Å². The number of carbonyl (C=O) groups excluding carboxylic acids is 1. The molecule has 0 aromatic heterocycles. The van der Waals surface area contributed by atoms with Gasteiger partial charge in [0.25, 0.3) is 0 Å². The van der Waals surface area contributed by atoms with Gasteiger partial charge in [0.2, 0.25) is 11.7 Å². The van der Waals surface area contributed by atoms with E-state index in [0.29, 0.717) is 22.9 Å². The minimum atomic E-state index is -0.487. The molecule has 0 aliphatic heterocycles. The second-order valence-corrected chi connectivity index (χ2v) is 5.93. The molecule has 5 nitrogen and oxygen atoms in total. The van der Waals surface area contributed by atoms with E-state index < -0.39 is 5.41 Å². The third kappa shape index (κ3) is 3.23. The van der Waals surface area contributed by atoms with Gasteiger partial charge >= 0.3 is 0 Å². The maximum atomic E-state index is 12.3. The van der Waals surface area contributed by atoms with Crippen LogP contribution in [-0.4, -0.2) is 27.2 Å². The van der Waals surface area contributed by atoms with Gasteiger partial charge in [0.1, 0.15) is 0 Å². The van der Waals surface area contributed by atoms with E-state index in [1.165, 1.54) is 0 Å². The number of hydrogen-bond acceptors (Lipinski definition) is 4. The fraction of sp³-hybridized carbons (Fsp3) is 0.562. The van der Waals surface area contributed by atoms with Crippen molar-refractivity contribution < 1.29 is 19.0 Å². The van der Waals surface area contributed by atoms with Crippen molar-refractivity contribution >= 4 is 11.6 Å². The summed E-state index contributed by atoms with van der Waals surface area (Å²) in [6, 6.07) is 0. The summed E-state index contributed by atoms with van der Waals surface area (Å²) < 4.78 is 16.2. The number of anilines is 1.